The summed E-state index contributed by atoms with van der Waals surface area (Å²) in [6, 6.07) is 8.24. The number of halogens is 1. The lowest BCUT2D eigenvalue weighted by Crippen LogP contribution is -2.16. The Morgan fingerprint density at radius 2 is 2.03 bits per heavy atom. The van der Waals surface area contributed by atoms with E-state index < -0.39 is 11.7 Å². The Kier molecular flexibility index (Phi) is 5.24. The number of pyridine rings is 1. The molecule has 0 aliphatic heterocycles. The first kappa shape index (κ1) is 21.0. The van der Waals surface area contributed by atoms with Crippen LogP contribution in [0, 0.1) is 12.7 Å². The number of benzene rings is 1. The number of amides is 1. The second kappa shape index (κ2) is 8.23. The highest BCUT2D eigenvalue weighted by Gasteiger charge is 2.26. The van der Waals surface area contributed by atoms with Gasteiger partial charge in [0.1, 0.15) is 23.5 Å². The number of hydrogen-bond donors (Lipinski definition) is 1. The van der Waals surface area contributed by atoms with Crippen LogP contribution >= 0.6 is 0 Å². The van der Waals surface area contributed by atoms with E-state index in [4.69, 9.17) is 0 Å². The van der Waals surface area contributed by atoms with Crippen molar-refractivity contribution in [2.45, 2.75) is 45.6 Å². The summed E-state index contributed by atoms with van der Waals surface area (Å²) in [5.41, 5.74) is 3.31. The number of hydrogen-bond acceptors (Lipinski definition) is 5. The van der Waals surface area contributed by atoms with Gasteiger partial charge in [0.2, 0.25) is 0 Å². The van der Waals surface area contributed by atoms with Crippen LogP contribution in [0.5, 0.6) is 0 Å². The second-order valence-electron chi connectivity index (χ2n) is 8.62. The summed E-state index contributed by atoms with van der Waals surface area (Å²) in [5.74, 6) is 0.0642. The van der Waals surface area contributed by atoms with Crippen molar-refractivity contribution >= 4 is 11.6 Å². The van der Waals surface area contributed by atoms with Gasteiger partial charge >= 0.3 is 0 Å². The molecule has 1 N–H and O–H groups in total. The van der Waals surface area contributed by atoms with Crippen molar-refractivity contribution in [3.8, 4) is 17.2 Å². The first-order valence-corrected chi connectivity index (χ1v) is 10.9. The summed E-state index contributed by atoms with van der Waals surface area (Å²) in [7, 11) is 0. The second-order valence-corrected chi connectivity index (χ2v) is 8.62. The number of nitrogens with one attached hydrogen (secondary N) is 1. The normalized spacial score (nSPS) is 13.5. The standard InChI is InChI=1S/C24H24FN7O/c1-14(2)32-13-27-30-23(32)18-5-4-6-19(28-18)24(33)29-20-10-22(15(3)9-17(20)25)31-11-21(26-12-31)16-7-8-16/h4-6,9-14,16H,7-8H2,1-3H3,(H,29,33). The first-order valence-electron chi connectivity index (χ1n) is 10.9. The Hall–Kier alpha value is -3.88. The van der Waals surface area contributed by atoms with Crippen molar-refractivity contribution in [2.75, 3.05) is 5.32 Å². The molecule has 1 aliphatic rings. The molecule has 3 heterocycles. The van der Waals surface area contributed by atoms with Gasteiger partial charge in [0.25, 0.3) is 5.91 Å². The molecule has 1 aliphatic carbocycles. The third kappa shape index (κ3) is 4.13. The van der Waals surface area contributed by atoms with E-state index in [1.54, 1.807) is 36.9 Å². The lowest BCUT2D eigenvalue weighted by molar-refractivity contribution is 0.102. The monoisotopic (exact) mass is 445 g/mol. The van der Waals surface area contributed by atoms with E-state index in [-0.39, 0.29) is 17.4 Å². The maximum Gasteiger partial charge on any atom is 0.274 e. The summed E-state index contributed by atoms with van der Waals surface area (Å²) in [5, 5.41) is 10.7. The van der Waals surface area contributed by atoms with Gasteiger partial charge in [-0.15, -0.1) is 10.2 Å². The number of anilines is 1. The maximum absolute atomic E-state index is 14.7. The minimum atomic E-state index is -0.511. The van der Waals surface area contributed by atoms with Gasteiger partial charge in [-0.3, -0.25) is 4.79 Å². The molecule has 1 saturated carbocycles. The molecule has 1 aromatic carbocycles. The first-order chi connectivity index (χ1) is 15.9. The minimum absolute atomic E-state index is 0.0832. The predicted molar refractivity (Wildman–Crippen MR) is 122 cm³/mol. The summed E-state index contributed by atoms with van der Waals surface area (Å²) >= 11 is 0. The van der Waals surface area contributed by atoms with Gasteiger partial charge in [-0.2, -0.15) is 0 Å². The zero-order chi connectivity index (χ0) is 23.1. The molecule has 8 nitrogen and oxygen atoms in total. The lowest BCUT2D eigenvalue weighted by Gasteiger charge is -2.13. The van der Waals surface area contributed by atoms with E-state index in [1.807, 2.05) is 36.1 Å². The van der Waals surface area contributed by atoms with Crippen LogP contribution in [0.15, 0.2) is 49.2 Å². The van der Waals surface area contributed by atoms with Crippen LogP contribution in [0.4, 0.5) is 10.1 Å². The molecule has 33 heavy (non-hydrogen) atoms. The summed E-state index contributed by atoms with van der Waals surface area (Å²) in [6.45, 7) is 5.85. The predicted octanol–water partition coefficient (Wildman–Crippen LogP) is 4.68. The van der Waals surface area contributed by atoms with Crippen LogP contribution in [0.25, 0.3) is 17.2 Å². The number of carbonyl (C=O) groups excluding carboxylic acids is 1. The molecule has 9 heteroatoms. The van der Waals surface area contributed by atoms with Gasteiger partial charge < -0.3 is 14.5 Å². The average Bonchev–Trinajstić information content (AvgIpc) is 3.32. The van der Waals surface area contributed by atoms with Crippen molar-refractivity contribution in [1.29, 1.82) is 0 Å². The number of carbonyl (C=O) groups is 1. The Labute approximate surface area is 190 Å². The molecule has 0 saturated heterocycles. The number of nitrogens with zero attached hydrogens (tertiary/aromatic N) is 6. The van der Waals surface area contributed by atoms with Crippen LogP contribution in [0.3, 0.4) is 0 Å². The van der Waals surface area contributed by atoms with Crippen molar-refractivity contribution in [1.82, 2.24) is 29.3 Å². The highest BCUT2D eigenvalue weighted by molar-refractivity contribution is 6.03. The SMILES string of the molecule is Cc1cc(F)c(NC(=O)c2cccc(-c3nncn3C(C)C)n2)cc1-n1cnc(C2CC2)c1. The van der Waals surface area contributed by atoms with Gasteiger partial charge in [0.05, 0.1) is 23.4 Å². The minimum Gasteiger partial charge on any atom is -0.318 e. The third-order valence-electron chi connectivity index (χ3n) is 5.75. The zero-order valence-electron chi connectivity index (χ0n) is 18.7. The van der Waals surface area contributed by atoms with E-state index in [0.717, 1.165) is 29.8 Å². The van der Waals surface area contributed by atoms with Gasteiger partial charge in [-0.05, 0) is 63.4 Å². The molecule has 168 valence electrons. The Balaban J connectivity index is 1.42. The number of aryl methyl sites for hydroxylation is 1. The summed E-state index contributed by atoms with van der Waals surface area (Å²) < 4.78 is 18.5. The van der Waals surface area contributed by atoms with Gasteiger partial charge in [-0.1, -0.05) is 6.07 Å². The molecule has 0 unspecified atom stereocenters. The highest BCUT2D eigenvalue weighted by Crippen LogP contribution is 2.39. The molecular formula is C24H24FN7O. The van der Waals surface area contributed by atoms with Crippen molar-refractivity contribution in [3.63, 3.8) is 0 Å². The molecule has 4 aromatic rings. The smallest absolute Gasteiger partial charge is 0.274 e. The zero-order valence-corrected chi connectivity index (χ0v) is 18.7. The van der Waals surface area contributed by atoms with Crippen molar-refractivity contribution in [3.05, 3.63) is 72.0 Å². The molecule has 0 bridgehead atoms. The highest BCUT2D eigenvalue weighted by atomic mass is 19.1. The molecule has 0 radical (unpaired) electrons. The molecule has 1 amide bonds. The molecule has 0 spiro atoms. The van der Waals surface area contributed by atoms with Crippen LogP contribution in [0.1, 0.15) is 60.4 Å². The molecular weight excluding hydrogens is 421 g/mol. The summed E-state index contributed by atoms with van der Waals surface area (Å²) in [6.07, 6.45) is 7.64. The van der Waals surface area contributed by atoms with Crippen LogP contribution in [-0.2, 0) is 0 Å². The van der Waals surface area contributed by atoms with Crippen LogP contribution < -0.4 is 5.32 Å². The molecule has 0 atom stereocenters. The van der Waals surface area contributed by atoms with Gasteiger partial charge in [-0.25, -0.2) is 14.4 Å². The van der Waals surface area contributed by atoms with E-state index in [0.29, 0.717) is 17.4 Å². The maximum atomic E-state index is 14.7. The van der Waals surface area contributed by atoms with Crippen LogP contribution in [0.2, 0.25) is 0 Å². The topological polar surface area (TPSA) is 90.5 Å². The quantitative estimate of drug-likeness (QED) is 0.465. The fourth-order valence-electron chi connectivity index (χ4n) is 3.77. The van der Waals surface area contributed by atoms with E-state index in [9.17, 15) is 9.18 Å². The molecule has 5 rings (SSSR count). The largest absolute Gasteiger partial charge is 0.318 e. The third-order valence-corrected chi connectivity index (χ3v) is 5.75. The van der Waals surface area contributed by atoms with E-state index in [1.165, 1.54) is 6.07 Å². The molecule has 3 aromatic heterocycles. The Morgan fingerprint density at radius 3 is 2.79 bits per heavy atom. The fraction of sp³-hybridized carbons (Fsp3) is 0.292. The summed E-state index contributed by atoms with van der Waals surface area (Å²) in [4.78, 5) is 21.8. The van der Waals surface area contributed by atoms with Crippen molar-refractivity contribution < 1.29 is 9.18 Å². The molecule has 1 fully saturated rings. The van der Waals surface area contributed by atoms with Crippen LogP contribution in [-0.4, -0.2) is 35.2 Å². The average molecular weight is 446 g/mol. The van der Waals surface area contributed by atoms with Crippen molar-refractivity contribution in [2.24, 2.45) is 0 Å². The van der Waals surface area contributed by atoms with E-state index >= 15 is 0 Å². The number of imidazole rings is 1. The lowest BCUT2D eigenvalue weighted by atomic mass is 10.1. The Morgan fingerprint density at radius 1 is 1.21 bits per heavy atom. The van der Waals surface area contributed by atoms with Gasteiger partial charge in [0, 0.05) is 18.2 Å². The number of rotatable bonds is 6. The fourth-order valence-corrected chi connectivity index (χ4v) is 3.77. The van der Waals surface area contributed by atoms with Gasteiger partial charge in [0.15, 0.2) is 5.82 Å². The Bertz CT molecular complexity index is 1340. The number of aromatic nitrogens is 6. The van der Waals surface area contributed by atoms with E-state index in [2.05, 4.69) is 25.5 Å².